The van der Waals surface area contributed by atoms with Crippen molar-refractivity contribution < 1.29 is 13.2 Å². The smallest absolute Gasteiger partial charge is 0.255 e. The number of nitrogens with zero attached hydrogens (tertiary/aromatic N) is 4. The zero-order valence-electron chi connectivity index (χ0n) is 8.72. The van der Waals surface area contributed by atoms with E-state index in [-0.39, 0.29) is 4.77 Å². The van der Waals surface area contributed by atoms with Crippen molar-refractivity contribution in [1.82, 2.24) is 19.9 Å². The predicted molar refractivity (Wildman–Crippen MR) is 59.6 cm³/mol. The summed E-state index contributed by atoms with van der Waals surface area (Å²) in [6.45, 7) is 0. The average Bonchev–Trinajstić information content (AvgIpc) is 2.69. The monoisotopic (exact) mass is 273 g/mol. The molecule has 2 rings (SSSR count). The standard InChI is InChI=1S/C9H6F3N5S/c10-9(11,12)7-15-16-8(18)17(7)14-5-6-3-1-2-4-13-6/h1-5H,(H,16,18)/b14-5+. The van der Waals surface area contributed by atoms with Gasteiger partial charge < -0.3 is 0 Å². The molecule has 0 fully saturated rings. The lowest BCUT2D eigenvalue weighted by atomic mass is 10.4. The Hall–Kier alpha value is -2.03. The van der Waals surface area contributed by atoms with Crippen LogP contribution in [-0.2, 0) is 6.18 Å². The van der Waals surface area contributed by atoms with E-state index in [4.69, 9.17) is 0 Å². The maximum Gasteiger partial charge on any atom is 0.453 e. The molecule has 0 amide bonds. The second-order valence-corrected chi connectivity index (χ2v) is 3.55. The van der Waals surface area contributed by atoms with Crippen LogP contribution in [0.5, 0.6) is 0 Å². The van der Waals surface area contributed by atoms with E-state index >= 15 is 0 Å². The molecule has 0 radical (unpaired) electrons. The van der Waals surface area contributed by atoms with Crippen molar-refractivity contribution >= 4 is 18.4 Å². The number of aromatic nitrogens is 4. The van der Waals surface area contributed by atoms with Crippen molar-refractivity contribution in [1.29, 1.82) is 0 Å². The molecule has 0 bridgehead atoms. The van der Waals surface area contributed by atoms with Crippen LogP contribution in [0.15, 0.2) is 29.5 Å². The predicted octanol–water partition coefficient (Wildman–Crippen LogP) is 2.24. The second kappa shape index (κ2) is 4.69. The molecule has 0 aromatic carbocycles. The van der Waals surface area contributed by atoms with Crippen molar-refractivity contribution in [2.45, 2.75) is 6.18 Å². The topological polar surface area (TPSA) is 58.9 Å². The van der Waals surface area contributed by atoms with Crippen molar-refractivity contribution in [3.8, 4) is 0 Å². The maximum atomic E-state index is 12.5. The highest BCUT2D eigenvalue weighted by molar-refractivity contribution is 7.71. The van der Waals surface area contributed by atoms with Gasteiger partial charge in [0.25, 0.3) is 5.82 Å². The Labute approximate surface area is 104 Å². The zero-order valence-corrected chi connectivity index (χ0v) is 9.53. The Morgan fingerprint density at radius 3 is 2.78 bits per heavy atom. The molecule has 0 atom stereocenters. The van der Waals surface area contributed by atoms with Gasteiger partial charge in [-0.2, -0.15) is 22.9 Å². The van der Waals surface area contributed by atoms with Crippen molar-refractivity contribution in [2.75, 3.05) is 0 Å². The minimum absolute atomic E-state index is 0.241. The number of nitrogens with one attached hydrogen (secondary N) is 1. The molecule has 2 aromatic rings. The maximum absolute atomic E-state index is 12.5. The highest BCUT2D eigenvalue weighted by atomic mass is 32.1. The van der Waals surface area contributed by atoms with Crippen LogP contribution >= 0.6 is 12.2 Å². The molecular weight excluding hydrogens is 267 g/mol. The fraction of sp³-hybridized carbons (Fsp3) is 0.111. The largest absolute Gasteiger partial charge is 0.453 e. The van der Waals surface area contributed by atoms with Crippen LogP contribution in [-0.4, -0.2) is 26.1 Å². The lowest BCUT2D eigenvalue weighted by Gasteiger charge is -2.03. The number of halogens is 3. The summed E-state index contributed by atoms with van der Waals surface area (Å²) in [5, 5.41) is 8.74. The van der Waals surface area contributed by atoms with Crippen molar-refractivity contribution in [2.24, 2.45) is 5.10 Å². The van der Waals surface area contributed by atoms with Gasteiger partial charge in [0.05, 0.1) is 11.9 Å². The second-order valence-electron chi connectivity index (χ2n) is 3.16. The fourth-order valence-electron chi connectivity index (χ4n) is 1.15. The fourth-order valence-corrected chi connectivity index (χ4v) is 1.33. The van der Waals surface area contributed by atoms with Gasteiger partial charge in [-0.3, -0.25) is 4.98 Å². The van der Waals surface area contributed by atoms with Crippen LogP contribution < -0.4 is 0 Å². The summed E-state index contributed by atoms with van der Waals surface area (Å²) >= 11 is 4.67. The Morgan fingerprint density at radius 1 is 1.39 bits per heavy atom. The van der Waals surface area contributed by atoms with Crippen LogP contribution in [0.2, 0.25) is 0 Å². The Kier molecular flexibility index (Phi) is 3.24. The first-order valence-electron chi connectivity index (χ1n) is 4.68. The SMILES string of the molecule is FC(F)(F)c1n[nH]c(=S)n1/N=C/c1ccccn1. The highest BCUT2D eigenvalue weighted by Crippen LogP contribution is 2.27. The molecule has 0 saturated heterocycles. The van der Waals surface area contributed by atoms with Gasteiger partial charge in [-0.05, 0) is 24.4 Å². The van der Waals surface area contributed by atoms with Gasteiger partial charge >= 0.3 is 6.18 Å². The van der Waals surface area contributed by atoms with E-state index < -0.39 is 12.0 Å². The number of hydrogen-bond acceptors (Lipinski definition) is 4. The van der Waals surface area contributed by atoms with Gasteiger partial charge in [0.1, 0.15) is 0 Å². The molecule has 9 heteroatoms. The zero-order chi connectivity index (χ0) is 13.2. The molecule has 5 nitrogen and oxygen atoms in total. The summed E-state index contributed by atoms with van der Waals surface area (Å²) < 4.78 is 37.9. The molecule has 0 aliphatic carbocycles. The minimum atomic E-state index is -4.63. The van der Waals surface area contributed by atoms with E-state index in [2.05, 4.69) is 32.5 Å². The summed E-state index contributed by atoms with van der Waals surface area (Å²) in [5.74, 6) is -1.21. The van der Waals surface area contributed by atoms with Gasteiger partial charge in [-0.1, -0.05) is 6.07 Å². The van der Waals surface area contributed by atoms with Gasteiger partial charge in [0, 0.05) is 6.20 Å². The number of aromatic amines is 1. The van der Waals surface area contributed by atoms with E-state index in [1.54, 1.807) is 18.2 Å². The summed E-state index contributed by atoms with van der Waals surface area (Å²) in [4.78, 5) is 3.89. The number of H-pyrrole nitrogens is 1. The van der Waals surface area contributed by atoms with Crippen LogP contribution in [0.1, 0.15) is 11.5 Å². The number of hydrogen-bond donors (Lipinski definition) is 1. The number of alkyl halides is 3. The third kappa shape index (κ3) is 2.62. The third-order valence-electron chi connectivity index (χ3n) is 1.90. The first kappa shape index (κ1) is 12.4. The molecule has 0 aliphatic rings. The van der Waals surface area contributed by atoms with E-state index in [0.29, 0.717) is 10.4 Å². The number of rotatable bonds is 2. The summed E-state index contributed by atoms with van der Waals surface area (Å²) in [6, 6.07) is 4.97. The Morgan fingerprint density at radius 2 is 2.17 bits per heavy atom. The molecule has 1 N–H and O–H groups in total. The normalized spacial score (nSPS) is 12.2. The van der Waals surface area contributed by atoms with Crippen LogP contribution in [0.3, 0.4) is 0 Å². The summed E-state index contributed by atoms with van der Waals surface area (Å²) in [5.41, 5.74) is 0.411. The molecule has 18 heavy (non-hydrogen) atoms. The summed E-state index contributed by atoms with van der Waals surface area (Å²) in [7, 11) is 0. The summed E-state index contributed by atoms with van der Waals surface area (Å²) in [6.07, 6.45) is -1.96. The van der Waals surface area contributed by atoms with Gasteiger partial charge in [-0.25, -0.2) is 5.10 Å². The quantitative estimate of drug-likeness (QED) is 0.674. The van der Waals surface area contributed by atoms with Crippen LogP contribution in [0.4, 0.5) is 13.2 Å². The Bertz CT molecular complexity index is 613. The van der Waals surface area contributed by atoms with E-state index in [1.807, 2.05) is 0 Å². The minimum Gasteiger partial charge on any atom is -0.255 e. The lowest BCUT2D eigenvalue weighted by molar-refractivity contribution is -0.147. The average molecular weight is 273 g/mol. The van der Waals surface area contributed by atoms with E-state index in [0.717, 1.165) is 0 Å². The third-order valence-corrected chi connectivity index (χ3v) is 2.16. The van der Waals surface area contributed by atoms with Crippen molar-refractivity contribution in [3.63, 3.8) is 0 Å². The molecule has 0 aliphatic heterocycles. The molecule has 94 valence electrons. The van der Waals surface area contributed by atoms with Crippen molar-refractivity contribution in [3.05, 3.63) is 40.7 Å². The van der Waals surface area contributed by atoms with E-state index in [9.17, 15) is 13.2 Å². The van der Waals surface area contributed by atoms with Crippen LogP contribution in [0, 0.1) is 4.77 Å². The van der Waals surface area contributed by atoms with E-state index in [1.165, 1.54) is 12.4 Å². The first-order valence-corrected chi connectivity index (χ1v) is 5.09. The number of pyridine rings is 1. The molecule has 0 spiro atoms. The van der Waals surface area contributed by atoms with Gasteiger partial charge in [-0.15, -0.1) is 5.10 Å². The highest BCUT2D eigenvalue weighted by Gasteiger charge is 2.37. The molecule has 2 aromatic heterocycles. The molecule has 2 heterocycles. The first-order chi connectivity index (χ1) is 8.48. The van der Waals surface area contributed by atoms with Gasteiger partial charge in [0.2, 0.25) is 4.77 Å². The molecule has 0 saturated carbocycles. The Balaban J connectivity index is 2.38. The lowest BCUT2D eigenvalue weighted by Crippen LogP contribution is -2.12. The molecule has 0 unspecified atom stereocenters. The molecular formula is C9H6F3N5S. The van der Waals surface area contributed by atoms with Gasteiger partial charge in [0.15, 0.2) is 0 Å². The van der Waals surface area contributed by atoms with Crippen LogP contribution in [0.25, 0.3) is 0 Å².